The number of carbonyl (C=O) groups is 2. The standard InChI is InChI=1S/C13H17FN4O2/c1-15-12(19)11-8-16-6-7-18(11)13(20)17-10-4-2-9(14)3-5-10/h2-5,11,16H,6-8H2,1H3,(H,15,19)(H,17,20). The van der Waals surface area contributed by atoms with E-state index in [0.717, 1.165) is 0 Å². The van der Waals surface area contributed by atoms with Gasteiger partial charge in [0.1, 0.15) is 11.9 Å². The van der Waals surface area contributed by atoms with Crippen LogP contribution in [0.2, 0.25) is 0 Å². The van der Waals surface area contributed by atoms with Crippen molar-refractivity contribution in [1.29, 1.82) is 0 Å². The largest absolute Gasteiger partial charge is 0.357 e. The average molecular weight is 280 g/mol. The molecule has 3 N–H and O–H groups in total. The van der Waals surface area contributed by atoms with Crippen molar-refractivity contribution >= 4 is 17.6 Å². The van der Waals surface area contributed by atoms with E-state index in [1.165, 1.54) is 36.2 Å². The number of anilines is 1. The average Bonchev–Trinajstić information content (AvgIpc) is 2.48. The van der Waals surface area contributed by atoms with E-state index in [4.69, 9.17) is 0 Å². The summed E-state index contributed by atoms with van der Waals surface area (Å²) in [6.07, 6.45) is 0. The Morgan fingerprint density at radius 3 is 2.70 bits per heavy atom. The lowest BCUT2D eigenvalue weighted by Gasteiger charge is -2.34. The van der Waals surface area contributed by atoms with Crippen molar-refractivity contribution in [2.75, 3.05) is 32.0 Å². The van der Waals surface area contributed by atoms with Gasteiger partial charge in [-0.25, -0.2) is 9.18 Å². The minimum Gasteiger partial charge on any atom is -0.357 e. The number of urea groups is 1. The summed E-state index contributed by atoms with van der Waals surface area (Å²) in [4.78, 5) is 25.4. The van der Waals surface area contributed by atoms with Crippen LogP contribution in [0.1, 0.15) is 0 Å². The molecule has 0 bridgehead atoms. The molecular formula is C13H17FN4O2. The van der Waals surface area contributed by atoms with Gasteiger partial charge in [-0.15, -0.1) is 0 Å². The molecule has 1 aromatic rings. The van der Waals surface area contributed by atoms with E-state index in [1.54, 1.807) is 0 Å². The number of carbonyl (C=O) groups excluding carboxylic acids is 2. The second-order valence-electron chi connectivity index (χ2n) is 4.46. The molecule has 0 spiro atoms. The van der Waals surface area contributed by atoms with E-state index in [9.17, 15) is 14.0 Å². The van der Waals surface area contributed by atoms with Crippen molar-refractivity contribution in [3.05, 3.63) is 30.1 Å². The number of nitrogens with one attached hydrogen (secondary N) is 3. The zero-order valence-electron chi connectivity index (χ0n) is 11.1. The van der Waals surface area contributed by atoms with Crippen molar-refractivity contribution in [2.45, 2.75) is 6.04 Å². The van der Waals surface area contributed by atoms with Gasteiger partial charge in [-0.1, -0.05) is 0 Å². The van der Waals surface area contributed by atoms with Gasteiger partial charge in [0.2, 0.25) is 5.91 Å². The highest BCUT2D eigenvalue weighted by molar-refractivity contribution is 5.94. The first-order valence-corrected chi connectivity index (χ1v) is 6.37. The highest BCUT2D eigenvalue weighted by atomic mass is 19.1. The lowest BCUT2D eigenvalue weighted by molar-refractivity contribution is -0.125. The predicted octanol–water partition coefficient (Wildman–Crippen LogP) is 0.377. The molecule has 0 saturated carbocycles. The maximum Gasteiger partial charge on any atom is 0.322 e. The predicted molar refractivity (Wildman–Crippen MR) is 72.8 cm³/mol. The van der Waals surface area contributed by atoms with Gasteiger partial charge in [-0.2, -0.15) is 0 Å². The second kappa shape index (κ2) is 6.33. The summed E-state index contributed by atoms with van der Waals surface area (Å²) >= 11 is 0. The van der Waals surface area contributed by atoms with Gasteiger partial charge in [-0.3, -0.25) is 4.79 Å². The minimum atomic E-state index is -0.547. The van der Waals surface area contributed by atoms with Crippen LogP contribution < -0.4 is 16.0 Å². The lowest BCUT2D eigenvalue weighted by Crippen LogP contribution is -2.60. The first-order chi connectivity index (χ1) is 9.61. The normalized spacial score (nSPS) is 18.5. The first-order valence-electron chi connectivity index (χ1n) is 6.37. The summed E-state index contributed by atoms with van der Waals surface area (Å²) in [5.74, 6) is -0.583. The van der Waals surface area contributed by atoms with Crippen molar-refractivity contribution in [1.82, 2.24) is 15.5 Å². The molecule has 1 unspecified atom stereocenters. The molecule has 1 fully saturated rings. The van der Waals surface area contributed by atoms with E-state index >= 15 is 0 Å². The summed E-state index contributed by atoms with van der Waals surface area (Å²) < 4.78 is 12.8. The molecular weight excluding hydrogens is 263 g/mol. The molecule has 3 amide bonds. The SMILES string of the molecule is CNC(=O)C1CNCCN1C(=O)Nc1ccc(F)cc1. The maximum absolute atomic E-state index is 12.8. The van der Waals surface area contributed by atoms with E-state index in [-0.39, 0.29) is 17.8 Å². The monoisotopic (exact) mass is 280 g/mol. The van der Waals surface area contributed by atoms with Crippen LogP contribution in [0.4, 0.5) is 14.9 Å². The summed E-state index contributed by atoms with van der Waals surface area (Å²) in [6, 6.07) is 4.57. The molecule has 0 radical (unpaired) electrons. The Kier molecular flexibility index (Phi) is 4.52. The number of benzene rings is 1. The quantitative estimate of drug-likeness (QED) is 0.733. The second-order valence-corrected chi connectivity index (χ2v) is 4.46. The summed E-state index contributed by atoms with van der Waals surface area (Å²) in [7, 11) is 1.53. The Labute approximate surface area is 116 Å². The van der Waals surface area contributed by atoms with E-state index in [0.29, 0.717) is 25.3 Å². The zero-order chi connectivity index (χ0) is 14.5. The van der Waals surface area contributed by atoms with Crippen LogP contribution >= 0.6 is 0 Å². The van der Waals surface area contributed by atoms with Gasteiger partial charge in [0.05, 0.1) is 0 Å². The smallest absolute Gasteiger partial charge is 0.322 e. The molecule has 1 aliphatic heterocycles. The Bertz CT molecular complexity index is 492. The Balaban J connectivity index is 2.05. The van der Waals surface area contributed by atoms with E-state index < -0.39 is 6.04 Å². The summed E-state index contributed by atoms with van der Waals surface area (Å²) in [5, 5.41) is 8.28. The number of likely N-dealkylation sites (N-methyl/N-ethyl adjacent to an activating group) is 1. The van der Waals surface area contributed by atoms with Crippen LogP contribution in [0.15, 0.2) is 24.3 Å². The van der Waals surface area contributed by atoms with Gasteiger partial charge < -0.3 is 20.9 Å². The Morgan fingerprint density at radius 1 is 1.35 bits per heavy atom. The minimum absolute atomic E-state index is 0.216. The van der Waals surface area contributed by atoms with Gasteiger partial charge in [0.15, 0.2) is 0 Å². The number of nitrogens with zero attached hydrogens (tertiary/aromatic N) is 1. The van der Waals surface area contributed by atoms with Gasteiger partial charge >= 0.3 is 6.03 Å². The van der Waals surface area contributed by atoms with E-state index in [2.05, 4.69) is 16.0 Å². The van der Waals surface area contributed by atoms with Crippen LogP contribution in [0.3, 0.4) is 0 Å². The Morgan fingerprint density at radius 2 is 2.05 bits per heavy atom. The molecule has 20 heavy (non-hydrogen) atoms. The van der Waals surface area contributed by atoms with Crippen molar-refractivity contribution in [3.8, 4) is 0 Å². The number of hydrogen-bond acceptors (Lipinski definition) is 3. The van der Waals surface area contributed by atoms with Crippen LogP contribution in [0.25, 0.3) is 0 Å². The molecule has 108 valence electrons. The van der Waals surface area contributed by atoms with Crippen molar-refractivity contribution in [2.24, 2.45) is 0 Å². The third-order valence-electron chi connectivity index (χ3n) is 3.15. The molecule has 1 atom stereocenters. The molecule has 1 saturated heterocycles. The zero-order valence-corrected chi connectivity index (χ0v) is 11.1. The summed E-state index contributed by atoms with van der Waals surface area (Å²) in [6.45, 7) is 1.48. The number of rotatable bonds is 2. The number of hydrogen-bond donors (Lipinski definition) is 3. The molecule has 0 aliphatic carbocycles. The van der Waals surface area contributed by atoms with Gasteiger partial charge in [0, 0.05) is 32.4 Å². The van der Waals surface area contributed by atoms with Crippen molar-refractivity contribution < 1.29 is 14.0 Å². The van der Waals surface area contributed by atoms with Crippen LogP contribution in [0.5, 0.6) is 0 Å². The fraction of sp³-hybridized carbons (Fsp3) is 0.385. The molecule has 7 heteroatoms. The number of halogens is 1. The fourth-order valence-corrected chi connectivity index (χ4v) is 2.08. The number of amides is 3. The molecule has 6 nitrogen and oxygen atoms in total. The third kappa shape index (κ3) is 3.24. The van der Waals surface area contributed by atoms with Crippen LogP contribution in [-0.2, 0) is 4.79 Å². The molecule has 1 aliphatic rings. The van der Waals surface area contributed by atoms with Crippen LogP contribution in [-0.4, -0.2) is 49.6 Å². The van der Waals surface area contributed by atoms with Gasteiger partial charge in [-0.05, 0) is 24.3 Å². The molecule has 1 aromatic carbocycles. The van der Waals surface area contributed by atoms with Gasteiger partial charge in [0.25, 0.3) is 0 Å². The highest BCUT2D eigenvalue weighted by Crippen LogP contribution is 2.11. The van der Waals surface area contributed by atoms with Crippen LogP contribution in [0, 0.1) is 5.82 Å². The van der Waals surface area contributed by atoms with Crippen molar-refractivity contribution in [3.63, 3.8) is 0 Å². The number of piperazine rings is 1. The highest BCUT2D eigenvalue weighted by Gasteiger charge is 2.31. The summed E-state index contributed by atoms with van der Waals surface area (Å²) in [5.41, 5.74) is 0.491. The topological polar surface area (TPSA) is 73.5 Å². The van der Waals surface area contributed by atoms with E-state index in [1.807, 2.05) is 0 Å². The maximum atomic E-state index is 12.8. The fourth-order valence-electron chi connectivity index (χ4n) is 2.08. The lowest BCUT2D eigenvalue weighted by atomic mass is 10.2. The molecule has 0 aromatic heterocycles. The Hall–Kier alpha value is -2.15. The third-order valence-corrected chi connectivity index (χ3v) is 3.15. The molecule has 2 rings (SSSR count). The first kappa shape index (κ1) is 14.3. The molecule has 1 heterocycles.